The van der Waals surface area contributed by atoms with Gasteiger partial charge >= 0.3 is 5.97 Å². The summed E-state index contributed by atoms with van der Waals surface area (Å²) in [5.41, 5.74) is 2.01. The summed E-state index contributed by atoms with van der Waals surface area (Å²) in [7, 11) is 0. The lowest BCUT2D eigenvalue weighted by Gasteiger charge is -2.41. The number of hydrogen-bond acceptors (Lipinski definition) is 6. The highest BCUT2D eigenvalue weighted by atomic mass is 16.5. The zero-order valence-corrected chi connectivity index (χ0v) is 18.3. The number of hydrogen-bond donors (Lipinski definition) is 0. The van der Waals surface area contributed by atoms with Crippen LogP contribution in [-0.4, -0.2) is 54.3 Å². The first-order valence-corrected chi connectivity index (χ1v) is 11.1. The topological polar surface area (TPSA) is 81.9 Å². The second kappa shape index (κ2) is 9.22. The number of likely N-dealkylation sites (tertiary alicyclic amines) is 1. The Labute approximate surface area is 182 Å². The second-order valence-corrected chi connectivity index (χ2v) is 8.54. The SMILES string of the molecule is CCOC(=O)[C@@]1(Cc2cc(-c3ccccc3C)no2)CCCN(C(=O)[C@@H]2CCCO2)C1. The average Bonchev–Trinajstić information content (AvgIpc) is 3.46. The molecule has 0 spiro atoms. The molecule has 3 heterocycles. The number of aromatic nitrogens is 1. The first kappa shape index (κ1) is 21.6. The molecule has 4 rings (SSSR count). The molecule has 31 heavy (non-hydrogen) atoms. The van der Waals surface area contributed by atoms with Crippen molar-refractivity contribution in [3.05, 3.63) is 41.7 Å². The minimum Gasteiger partial charge on any atom is -0.466 e. The summed E-state index contributed by atoms with van der Waals surface area (Å²) in [4.78, 5) is 27.8. The van der Waals surface area contributed by atoms with Crippen molar-refractivity contribution < 1.29 is 23.6 Å². The molecule has 2 atom stereocenters. The molecule has 2 aromatic rings. The summed E-state index contributed by atoms with van der Waals surface area (Å²) in [6.45, 7) is 5.68. The third kappa shape index (κ3) is 4.51. The molecule has 166 valence electrons. The van der Waals surface area contributed by atoms with Gasteiger partial charge in [0.2, 0.25) is 0 Å². The van der Waals surface area contributed by atoms with Crippen molar-refractivity contribution in [1.82, 2.24) is 10.1 Å². The number of carbonyl (C=O) groups excluding carboxylic acids is 2. The number of piperidine rings is 1. The molecule has 0 unspecified atom stereocenters. The number of amides is 1. The molecule has 0 bridgehead atoms. The third-order valence-corrected chi connectivity index (χ3v) is 6.29. The van der Waals surface area contributed by atoms with Gasteiger partial charge in [0.1, 0.15) is 17.6 Å². The summed E-state index contributed by atoms with van der Waals surface area (Å²) in [5.74, 6) is 0.315. The van der Waals surface area contributed by atoms with Crippen molar-refractivity contribution in [2.45, 2.75) is 52.1 Å². The lowest BCUT2D eigenvalue weighted by atomic mass is 9.76. The average molecular weight is 427 g/mol. The molecule has 0 saturated carbocycles. The van der Waals surface area contributed by atoms with Crippen molar-refractivity contribution in [1.29, 1.82) is 0 Å². The molecule has 1 aromatic heterocycles. The summed E-state index contributed by atoms with van der Waals surface area (Å²) in [5, 5.41) is 4.24. The van der Waals surface area contributed by atoms with E-state index in [0.717, 1.165) is 36.1 Å². The standard InChI is InChI=1S/C24H30N2O5/c1-3-29-23(28)24(11-7-12-26(16-24)22(27)21-10-6-13-30-21)15-18-14-20(25-31-18)19-9-5-4-8-17(19)2/h4-5,8-9,14,21H,3,6-7,10-13,15-16H2,1-2H3/t21-,24+/m0/s1. The molecule has 0 aliphatic carbocycles. The maximum atomic E-state index is 13.1. The molecule has 2 fully saturated rings. The van der Waals surface area contributed by atoms with Crippen molar-refractivity contribution in [3.8, 4) is 11.3 Å². The van der Waals surface area contributed by atoms with Gasteiger partial charge in [0.25, 0.3) is 5.91 Å². The Kier molecular flexibility index (Phi) is 6.41. The number of carbonyl (C=O) groups is 2. The summed E-state index contributed by atoms with van der Waals surface area (Å²) in [6, 6.07) is 9.87. The van der Waals surface area contributed by atoms with Gasteiger partial charge in [-0.2, -0.15) is 0 Å². The quantitative estimate of drug-likeness (QED) is 0.657. The van der Waals surface area contributed by atoms with Crippen LogP contribution in [0.15, 0.2) is 34.9 Å². The van der Waals surface area contributed by atoms with Gasteiger partial charge in [0.15, 0.2) is 0 Å². The number of rotatable bonds is 6. The van der Waals surface area contributed by atoms with E-state index in [4.69, 9.17) is 14.0 Å². The molecule has 2 aliphatic rings. The Morgan fingerprint density at radius 1 is 1.29 bits per heavy atom. The Morgan fingerprint density at radius 2 is 2.13 bits per heavy atom. The van der Waals surface area contributed by atoms with Crippen LogP contribution < -0.4 is 0 Å². The fourth-order valence-corrected chi connectivity index (χ4v) is 4.68. The zero-order chi connectivity index (χ0) is 21.8. The first-order chi connectivity index (χ1) is 15.0. The Balaban J connectivity index is 1.57. The van der Waals surface area contributed by atoms with E-state index in [1.54, 1.807) is 11.8 Å². The van der Waals surface area contributed by atoms with Crippen molar-refractivity contribution in [3.63, 3.8) is 0 Å². The maximum absolute atomic E-state index is 13.1. The first-order valence-electron chi connectivity index (χ1n) is 11.1. The van der Waals surface area contributed by atoms with E-state index in [2.05, 4.69) is 5.16 Å². The predicted octanol–water partition coefficient (Wildman–Crippen LogP) is 3.54. The molecular formula is C24H30N2O5. The molecule has 1 aromatic carbocycles. The van der Waals surface area contributed by atoms with Crippen molar-refractivity contribution in [2.24, 2.45) is 5.41 Å². The van der Waals surface area contributed by atoms with Crippen molar-refractivity contribution >= 4 is 11.9 Å². The van der Waals surface area contributed by atoms with Crippen LogP contribution in [0, 0.1) is 12.3 Å². The van der Waals surface area contributed by atoms with Gasteiger partial charge in [-0.3, -0.25) is 9.59 Å². The number of esters is 1. The molecule has 0 radical (unpaired) electrons. The highest BCUT2D eigenvalue weighted by molar-refractivity contribution is 5.83. The van der Waals surface area contributed by atoms with Crippen LogP contribution in [0.2, 0.25) is 0 Å². The largest absolute Gasteiger partial charge is 0.466 e. The lowest BCUT2D eigenvalue weighted by molar-refractivity contribution is -0.162. The maximum Gasteiger partial charge on any atom is 0.314 e. The molecule has 1 amide bonds. The van der Waals surface area contributed by atoms with E-state index >= 15 is 0 Å². The molecule has 0 N–H and O–H groups in total. The Hall–Kier alpha value is -2.67. The normalized spacial score (nSPS) is 23.7. The van der Waals surface area contributed by atoms with Crippen LogP contribution in [0.4, 0.5) is 0 Å². The van der Waals surface area contributed by atoms with E-state index in [9.17, 15) is 9.59 Å². The van der Waals surface area contributed by atoms with Crippen LogP contribution >= 0.6 is 0 Å². The smallest absolute Gasteiger partial charge is 0.314 e. The molecule has 7 heteroatoms. The molecule has 2 aliphatic heterocycles. The summed E-state index contributed by atoms with van der Waals surface area (Å²) < 4.78 is 16.7. The zero-order valence-electron chi connectivity index (χ0n) is 18.3. The van der Waals surface area contributed by atoms with Crippen molar-refractivity contribution in [2.75, 3.05) is 26.3 Å². The highest BCUT2D eigenvalue weighted by Gasteiger charge is 2.46. The molecule has 2 saturated heterocycles. The van der Waals surface area contributed by atoms with Gasteiger partial charge in [0, 0.05) is 37.7 Å². The van der Waals surface area contributed by atoms with Gasteiger partial charge in [-0.15, -0.1) is 0 Å². The number of benzene rings is 1. The van der Waals surface area contributed by atoms with E-state index < -0.39 is 11.5 Å². The Bertz CT molecular complexity index is 934. The second-order valence-electron chi connectivity index (χ2n) is 8.54. The van der Waals surface area contributed by atoms with Gasteiger partial charge in [0.05, 0.1) is 12.0 Å². The summed E-state index contributed by atoms with van der Waals surface area (Å²) >= 11 is 0. The minimum absolute atomic E-state index is 0.0240. The van der Waals surface area contributed by atoms with Crippen LogP contribution in [0.1, 0.15) is 43.9 Å². The van der Waals surface area contributed by atoms with Crippen LogP contribution in [0.3, 0.4) is 0 Å². The monoisotopic (exact) mass is 426 g/mol. The number of ether oxygens (including phenoxy) is 2. The highest BCUT2D eigenvalue weighted by Crippen LogP contribution is 2.37. The fraction of sp³-hybridized carbons (Fsp3) is 0.542. The number of aryl methyl sites for hydroxylation is 1. The van der Waals surface area contributed by atoms with Gasteiger partial charge in [-0.1, -0.05) is 29.4 Å². The number of nitrogens with zero attached hydrogens (tertiary/aromatic N) is 2. The molecular weight excluding hydrogens is 396 g/mol. The van der Waals surface area contributed by atoms with E-state index in [1.807, 2.05) is 37.3 Å². The van der Waals surface area contributed by atoms with E-state index in [-0.39, 0.29) is 11.9 Å². The van der Waals surface area contributed by atoms with Crippen LogP contribution in [-0.2, 0) is 25.5 Å². The van der Waals surface area contributed by atoms with Gasteiger partial charge in [-0.05, 0) is 45.1 Å². The van der Waals surface area contributed by atoms with Gasteiger partial charge in [-0.25, -0.2) is 0 Å². The Morgan fingerprint density at radius 3 is 2.87 bits per heavy atom. The fourth-order valence-electron chi connectivity index (χ4n) is 4.68. The predicted molar refractivity (Wildman–Crippen MR) is 114 cm³/mol. The van der Waals surface area contributed by atoms with E-state index in [0.29, 0.717) is 44.9 Å². The third-order valence-electron chi connectivity index (χ3n) is 6.29. The summed E-state index contributed by atoms with van der Waals surface area (Å²) in [6.07, 6.45) is 2.96. The van der Waals surface area contributed by atoms with Crippen LogP contribution in [0.25, 0.3) is 11.3 Å². The van der Waals surface area contributed by atoms with E-state index in [1.165, 1.54) is 0 Å². The van der Waals surface area contributed by atoms with Crippen LogP contribution in [0.5, 0.6) is 0 Å². The lowest BCUT2D eigenvalue weighted by Crippen LogP contribution is -2.53. The minimum atomic E-state index is -0.842. The molecule has 7 nitrogen and oxygen atoms in total. The van der Waals surface area contributed by atoms with Gasteiger partial charge < -0.3 is 18.9 Å².